The molecule has 299 valence electrons. The fourth-order valence-corrected chi connectivity index (χ4v) is 9.06. The predicted octanol–water partition coefficient (Wildman–Crippen LogP) is 13.1. The Morgan fingerprint density at radius 2 is 1.46 bits per heavy atom. The van der Waals surface area contributed by atoms with Crippen molar-refractivity contribution in [3.63, 3.8) is 0 Å². The summed E-state index contributed by atoms with van der Waals surface area (Å²) in [6, 6.07) is 47.7. The van der Waals surface area contributed by atoms with Gasteiger partial charge < -0.3 is 14.0 Å². The fraction of sp³-hybridized carbons (Fsp3) is 0.212. The molecule has 0 unspecified atom stereocenters. The molecule has 0 aliphatic rings. The molecule has 0 amide bonds. The van der Waals surface area contributed by atoms with E-state index in [0.717, 1.165) is 72.2 Å². The number of rotatable bonds is 6. The third-order valence-electron chi connectivity index (χ3n) is 10.3. The summed E-state index contributed by atoms with van der Waals surface area (Å²) < 4.78 is 26.1. The molecule has 0 saturated heterocycles. The van der Waals surface area contributed by atoms with Crippen LogP contribution in [-0.2, 0) is 26.5 Å². The zero-order chi connectivity index (χ0) is 42.6. The monoisotopic (exact) mass is 969 g/mol. The minimum atomic E-state index is -1.70. The number of pyridine rings is 2. The van der Waals surface area contributed by atoms with E-state index < -0.39 is 19.9 Å². The van der Waals surface area contributed by atoms with Gasteiger partial charge in [0.2, 0.25) is 5.71 Å². The van der Waals surface area contributed by atoms with E-state index in [9.17, 15) is 0 Å². The summed E-state index contributed by atoms with van der Waals surface area (Å²) in [6.07, 6.45) is 0.469. The third kappa shape index (κ3) is 8.65. The molecule has 0 spiro atoms. The Morgan fingerprint density at radius 1 is 0.746 bits per heavy atom. The summed E-state index contributed by atoms with van der Waals surface area (Å²) in [4.78, 5) is 14.3. The van der Waals surface area contributed by atoms with E-state index in [1.807, 2.05) is 94.6 Å². The minimum Gasteiger partial charge on any atom is -0.486 e. The summed E-state index contributed by atoms with van der Waals surface area (Å²) >= 11 is 0. The van der Waals surface area contributed by atoms with E-state index in [-0.39, 0.29) is 20.1 Å². The number of furan rings is 1. The van der Waals surface area contributed by atoms with E-state index in [0.29, 0.717) is 5.71 Å². The first-order chi connectivity index (χ1) is 28.5. The van der Waals surface area contributed by atoms with Gasteiger partial charge in [-0.3, -0.25) is 4.98 Å². The normalized spacial score (nSPS) is 12.5. The summed E-state index contributed by atoms with van der Waals surface area (Å²) in [5, 5.41) is 3.11. The Labute approximate surface area is 365 Å². The van der Waals surface area contributed by atoms with Crippen LogP contribution in [0, 0.1) is 38.3 Å². The number of hydrogen-bond acceptors (Lipinski definition) is 4. The largest absolute Gasteiger partial charge is 0.486 e. The molecular formula is C52H50IrN4OSi-2. The molecule has 4 heterocycles. The Balaban J connectivity index is 0.000000203. The SMILES string of the molecule is Cc1ccc2c(n1)oc1c(-c3nc4ccccc4n3-c3c(C)cc(-c4ccccc4)cc3C)[c-]ccc12.[2H]C([2H])(c1cc(-c2[c-]cccc2)ncc1[Si](C)(C)C)C(C)(C)C.[Ir]. The number of imidazole rings is 1. The second-order valence-electron chi connectivity index (χ2n) is 17.1. The van der Waals surface area contributed by atoms with Crippen LogP contribution in [0.2, 0.25) is 19.6 Å². The van der Waals surface area contributed by atoms with E-state index in [4.69, 9.17) is 12.1 Å². The van der Waals surface area contributed by atoms with E-state index in [1.165, 1.54) is 22.3 Å². The smallest absolute Gasteiger partial charge is 0.216 e. The number of benzene rings is 5. The molecule has 0 atom stereocenters. The molecule has 0 aliphatic heterocycles. The van der Waals surface area contributed by atoms with Gasteiger partial charge in [0, 0.05) is 45.8 Å². The van der Waals surface area contributed by atoms with Crippen molar-refractivity contribution in [3.05, 3.63) is 162 Å². The van der Waals surface area contributed by atoms with Gasteiger partial charge in [-0.25, -0.2) is 4.98 Å². The molecule has 0 N–H and O–H groups in total. The van der Waals surface area contributed by atoms with Gasteiger partial charge in [0.05, 0.1) is 30.5 Å². The zero-order valence-electron chi connectivity index (χ0n) is 37.2. The van der Waals surface area contributed by atoms with Crippen molar-refractivity contribution in [3.8, 4) is 39.5 Å². The molecule has 5 nitrogen and oxygen atoms in total. The van der Waals surface area contributed by atoms with Crippen LogP contribution in [0.4, 0.5) is 0 Å². The van der Waals surface area contributed by atoms with E-state index in [1.54, 1.807) is 0 Å². The first kappa shape index (κ1) is 39.0. The fourth-order valence-electron chi connectivity index (χ4n) is 7.67. The topological polar surface area (TPSA) is 56.7 Å². The molecule has 1 radical (unpaired) electrons. The van der Waals surface area contributed by atoms with Gasteiger partial charge in [-0.2, -0.15) is 0 Å². The summed E-state index contributed by atoms with van der Waals surface area (Å²) in [6.45, 7) is 18.9. The summed E-state index contributed by atoms with van der Waals surface area (Å²) in [5.41, 5.74) is 13.0. The number of aromatic nitrogens is 4. The second kappa shape index (κ2) is 16.7. The van der Waals surface area contributed by atoms with Crippen LogP contribution < -0.4 is 5.19 Å². The number of fused-ring (bicyclic) bond motifs is 4. The van der Waals surface area contributed by atoms with Crippen molar-refractivity contribution in [2.24, 2.45) is 5.41 Å². The van der Waals surface area contributed by atoms with Crippen LogP contribution in [0.5, 0.6) is 0 Å². The number of nitrogens with zero attached hydrogens (tertiary/aromatic N) is 4. The second-order valence-corrected chi connectivity index (χ2v) is 22.1. The third-order valence-corrected chi connectivity index (χ3v) is 12.3. The van der Waals surface area contributed by atoms with Gasteiger partial charge in [0.25, 0.3) is 0 Å². The van der Waals surface area contributed by atoms with Crippen molar-refractivity contribution in [2.45, 2.75) is 67.6 Å². The Hall–Kier alpha value is -5.46. The number of aryl methyl sites for hydroxylation is 3. The number of hydrogen-bond donors (Lipinski definition) is 0. The molecule has 4 aromatic heterocycles. The molecule has 0 aliphatic carbocycles. The molecule has 9 aromatic rings. The average molecular weight is 969 g/mol. The maximum absolute atomic E-state index is 8.75. The first-order valence-corrected chi connectivity index (χ1v) is 23.4. The summed E-state index contributed by atoms with van der Waals surface area (Å²) in [5.74, 6) is 0.807. The molecule has 59 heavy (non-hydrogen) atoms. The molecule has 9 rings (SSSR count). The zero-order valence-corrected chi connectivity index (χ0v) is 38.5. The summed E-state index contributed by atoms with van der Waals surface area (Å²) in [7, 11) is -1.70. The molecule has 7 heteroatoms. The van der Waals surface area contributed by atoms with E-state index in [2.05, 4.69) is 121 Å². The molecular weight excluding hydrogens is 917 g/mol. The van der Waals surface area contributed by atoms with Crippen LogP contribution in [0.1, 0.15) is 45.9 Å². The average Bonchev–Trinajstić information content (AvgIpc) is 3.78. The first-order valence-electron chi connectivity index (χ1n) is 20.9. The van der Waals surface area contributed by atoms with Gasteiger partial charge in [0.15, 0.2) is 0 Å². The number of para-hydroxylation sites is 2. The van der Waals surface area contributed by atoms with Crippen molar-refractivity contribution < 1.29 is 27.3 Å². The Morgan fingerprint density at radius 3 is 2.15 bits per heavy atom. The van der Waals surface area contributed by atoms with Crippen molar-refractivity contribution in [1.29, 1.82) is 0 Å². The van der Waals surface area contributed by atoms with Crippen LogP contribution >= 0.6 is 0 Å². The van der Waals surface area contributed by atoms with Gasteiger partial charge in [-0.05, 0) is 102 Å². The van der Waals surface area contributed by atoms with Gasteiger partial charge in [-0.1, -0.05) is 105 Å². The molecule has 0 bridgehead atoms. The predicted molar refractivity (Wildman–Crippen MR) is 245 cm³/mol. The van der Waals surface area contributed by atoms with Crippen LogP contribution in [0.15, 0.2) is 132 Å². The van der Waals surface area contributed by atoms with Crippen LogP contribution in [0.3, 0.4) is 0 Å². The van der Waals surface area contributed by atoms with Crippen molar-refractivity contribution >= 4 is 46.4 Å². The Kier molecular flexibility index (Phi) is 11.0. The maximum Gasteiger partial charge on any atom is 0.216 e. The van der Waals surface area contributed by atoms with Crippen LogP contribution in [-0.4, -0.2) is 27.6 Å². The maximum atomic E-state index is 8.75. The standard InChI is InChI=1S/C33H24N3O.C19H26NSi.Ir/c1-20-18-24(23-10-5-4-6-11-23)19-21(2)30(20)36-29-15-8-7-14-28(29)35-32(36)27-13-9-12-25-26-17-16-22(3)34-33(26)37-31(25)27;1-19(2,3)13-16-12-17(15-10-8-7-9-11-15)20-14-18(16)21(4,5)6;/h4-12,14-19H,1-3H3;7-10,12,14H,13H2,1-6H3;/q2*-1;/i;13D2;. The van der Waals surface area contributed by atoms with Crippen molar-refractivity contribution in [1.82, 2.24) is 19.5 Å². The quantitative estimate of drug-likeness (QED) is 0.123. The van der Waals surface area contributed by atoms with Gasteiger partial charge >= 0.3 is 0 Å². The van der Waals surface area contributed by atoms with Crippen LogP contribution in [0.25, 0.3) is 72.6 Å². The molecule has 0 fully saturated rings. The minimum absolute atomic E-state index is 0. The molecule has 0 saturated carbocycles. The van der Waals surface area contributed by atoms with Gasteiger partial charge in [0.1, 0.15) is 0 Å². The molecule has 5 aromatic carbocycles. The van der Waals surface area contributed by atoms with Gasteiger partial charge in [-0.15, -0.1) is 54.1 Å². The van der Waals surface area contributed by atoms with E-state index >= 15 is 0 Å². The Bertz CT molecular complexity index is 3000. The van der Waals surface area contributed by atoms with Crippen molar-refractivity contribution in [2.75, 3.05) is 0 Å².